The van der Waals surface area contributed by atoms with E-state index >= 15 is 0 Å². The Kier molecular flexibility index (Phi) is 47.9. The maximum absolute atomic E-state index is 12.8. The van der Waals surface area contributed by atoms with Gasteiger partial charge >= 0.3 is 17.9 Å². The molecule has 0 aromatic rings. The standard InChI is InChI=1S/C55H98O6/c1-4-7-10-13-16-19-22-25-27-28-29-31-33-36-39-42-45-48-54(57)60-51-52(50-59-53(56)47-44-41-38-35-32-24-21-18-15-12-9-6-3)61-55(58)49-46-43-40-37-34-30-26-23-20-17-14-11-8-5-2/h8,11,17-18,20-21,25,27,52H,4-7,9-10,12-16,19,22-24,26,28-51H2,1-3H3/b11-8-,20-17-,21-18-,27-25-. The van der Waals surface area contributed by atoms with Crippen molar-refractivity contribution in [2.45, 2.75) is 271 Å². The quantitative estimate of drug-likeness (QED) is 0.0263. The fourth-order valence-electron chi connectivity index (χ4n) is 7.35. The Morgan fingerprint density at radius 3 is 1.03 bits per heavy atom. The van der Waals surface area contributed by atoms with Gasteiger partial charge in [0.15, 0.2) is 6.10 Å². The minimum Gasteiger partial charge on any atom is -0.462 e. The van der Waals surface area contributed by atoms with Crippen LogP contribution in [0.25, 0.3) is 0 Å². The second kappa shape index (κ2) is 50.0. The zero-order valence-electron chi connectivity index (χ0n) is 40.4. The van der Waals surface area contributed by atoms with E-state index in [4.69, 9.17) is 14.2 Å². The summed E-state index contributed by atoms with van der Waals surface area (Å²) in [7, 11) is 0. The zero-order valence-corrected chi connectivity index (χ0v) is 40.4. The molecule has 1 unspecified atom stereocenters. The van der Waals surface area contributed by atoms with Crippen molar-refractivity contribution >= 4 is 17.9 Å². The molecule has 0 aliphatic heterocycles. The van der Waals surface area contributed by atoms with Gasteiger partial charge in [-0.2, -0.15) is 0 Å². The lowest BCUT2D eigenvalue weighted by molar-refractivity contribution is -0.167. The van der Waals surface area contributed by atoms with Crippen molar-refractivity contribution < 1.29 is 28.6 Å². The number of hydrogen-bond donors (Lipinski definition) is 0. The molecule has 0 fully saturated rings. The van der Waals surface area contributed by atoms with E-state index in [0.29, 0.717) is 19.3 Å². The van der Waals surface area contributed by atoms with Crippen molar-refractivity contribution in [3.63, 3.8) is 0 Å². The molecule has 0 saturated carbocycles. The Morgan fingerprint density at radius 2 is 0.639 bits per heavy atom. The smallest absolute Gasteiger partial charge is 0.306 e. The van der Waals surface area contributed by atoms with E-state index in [1.54, 1.807) is 0 Å². The van der Waals surface area contributed by atoms with Crippen LogP contribution in [0.1, 0.15) is 265 Å². The zero-order chi connectivity index (χ0) is 44.4. The summed E-state index contributed by atoms with van der Waals surface area (Å²) in [5.41, 5.74) is 0. The molecule has 0 bridgehead atoms. The average Bonchev–Trinajstić information content (AvgIpc) is 3.26. The number of unbranched alkanes of at least 4 members (excludes halogenated alkanes) is 28. The van der Waals surface area contributed by atoms with Gasteiger partial charge in [0.05, 0.1) is 0 Å². The third kappa shape index (κ3) is 48.3. The van der Waals surface area contributed by atoms with E-state index in [-0.39, 0.29) is 31.1 Å². The van der Waals surface area contributed by atoms with Crippen LogP contribution in [0.5, 0.6) is 0 Å². The highest BCUT2D eigenvalue weighted by Gasteiger charge is 2.19. The topological polar surface area (TPSA) is 78.9 Å². The molecule has 0 aromatic heterocycles. The van der Waals surface area contributed by atoms with Gasteiger partial charge in [-0.25, -0.2) is 0 Å². The van der Waals surface area contributed by atoms with Crippen LogP contribution >= 0.6 is 0 Å². The first-order valence-electron chi connectivity index (χ1n) is 26.1. The van der Waals surface area contributed by atoms with Gasteiger partial charge in [-0.05, 0) is 96.3 Å². The molecule has 354 valence electrons. The Morgan fingerprint density at radius 1 is 0.344 bits per heavy atom. The summed E-state index contributed by atoms with van der Waals surface area (Å²) in [4.78, 5) is 38.0. The molecular weight excluding hydrogens is 757 g/mol. The first-order chi connectivity index (χ1) is 30.0. The van der Waals surface area contributed by atoms with Gasteiger partial charge in [-0.3, -0.25) is 14.4 Å². The molecule has 0 aliphatic carbocycles. The third-order valence-electron chi connectivity index (χ3n) is 11.3. The lowest BCUT2D eigenvalue weighted by Crippen LogP contribution is -2.30. The van der Waals surface area contributed by atoms with E-state index in [1.165, 1.54) is 141 Å². The molecule has 0 rings (SSSR count). The van der Waals surface area contributed by atoms with Gasteiger partial charge in [-0.15, -0.1) is 0 Å². The number of ether oxygens (including phenoxy) is 3. The molecule has 6 heteroatoms. The lowest BCUT2D eigenvalue weighted by Gasteiger charge is -2.18. The van der Waals surface area contributed by atoms with Crippen molar-refractivity contribution in [1.29, 1.82) is 0 Å². The number of carbonyl (C=O) groups excluding carboxylic acids is 3. The SMILES string of the molecule is CC/C=C\C/C=C\CCCCCCCCCC(=O)OC(COC(=O)CCCCCCC/C=C\CCCCC)COC(=O)CCCCCCCCC/C=C\CCCCCCCC. The predicted molar refractivity (Wildman–Crippen MR) is 261 cm³/mol. The van der Waals surface area contributed by atoms with Crippen LogP contribution in [0, 0.1) is 0 Å². The van der Waals surface area contributed by atoms with E-state index in [0.717, 1.165) is 83.5 Å². The number of carbonyl (C=O) groups is 3. The molecule has 0 heterocycles. The monoisotopic (exact) mass is 855 g/mol. The first-order valence-corrected chi connectivity index (χ1v) is 26.1. The van der Waals surface area contributed by atoms with Crippen molar-refractivity contribution in [3.05, 3.63) is 48.6 Å². The maximum atomic E-state index is 12.8. The molecule has 61 heavy (non-hydrogen) atoms. The van der Waals surface area contributed by atoms with Crippen LogP contribution in [-0.2, 0) is 28.6 Å². The summed E-state index contributed by atoms with van der Waals surface area (Å²) in [6, 6.07) is 0. The number of esters is 3. The van der Waals surface area contributed by atoms with Crippen LogP contribution < -0.4 is 0 Å². The van der Waals surface area contributed by atoms with Crippen LogP contribution in [0.3, 0.4) is 0 Å². The Labute approximate surface area is 378 Å². The van der Waals surface area contributed by atoms with Crippen molar-refractivity contribution in [3.8, 4) is 0 Å². The summed E-state index contributed by atoms with van der Waals surface area (Å²) in [6.07, 6.45) is 59.5. The van der Waals surface area contributed by atoms with Crippen molar-refractivity contribution in [1.82, 2.24) is 0 Å². The lowest BCUT2D eigenvalue weighted by atomic mass is 10.1. The summed E-state index contributed by atoms with van der Waals surface area (Å²) < 4.78 is 16.8. The highest BCUT2D eigenvalue weighted by molar-refractivity contribution is 5.71. The van der Waals surface area contributed by atoms with Gasteiger partial charge in [0.2, 0.25) is 0 Å². The van der Waals surface area contributed by atoms with Crippen LogP contribution in [0.15, 0.2) is 48.6 Å². The highest BCUT2D eigenvalue weighted by atomic mass is 16.6. The Hall–Kier alpha value is -2.63. The fourth-order valence-corrected chi connectivity index (χ4v) is 7.35. The van der Waals surface area contributed by atoms with Gasteiger partial charge < -0.3 is 14.2 Å². The molecule has 0 amide bonds. The van der Waals surface area contributed by atoms with E-state index < -0.39 is 6.10 Å². The van der Waals surface area contributed by atoms with Crippen LogP contribution in [-0.4, -0.2) is 37.2 Å². The largest absolute Gasteiger partial charge is 0.462 e. The van der Waals surface area contributed by atoms with E-state index in [2.05, 4.69) is 69.4 Å². The average molecular weight is 855 g/mol. The molecule has 0 N–H and O–H groups in total. The number of allylic oxidation sites excluding steroid dienone is 8. The highest BCUT2D eigenvalue weighted by Crippen LogP contribution is 2.15. The fraction of sp³-hybridized carbons (Fsp3) is 0.800. The van der Waals surface area contributed by atoms with Gasteiger partial charge in [0.25, 0.3) is 0 Å². The van der Waals surface area contributed by atoms with Gasteiger partial charge in [-0.1, -0.05) is 198 Å². The van der Waals surface area contributed by atoms with Crippen molar-refractivity contribution in [2.75, 3.05) is 13.2 Å². The molecule has 0 spiro atoms. The second-order valence-electron chi connectivity index (χ2n) is 17.4. The molecule has 6 nitrogen and oxygen atoms in total. The van der Waals surface area contributed by atoms with Crippen molar-refractivity contribution in [2.24, 2.45) is 0 Å². The van der Waals surface area contributed by atoms with Gasteiger partial charge in [0.1, 0.15) is 13.2 Å². The minimum atomic E-state index is -0.780. The number of rotatable bonds is 47. The summed E-state index contributed by atoms with van der Waals surface area (Å²) >= 11 is 0. The third-order valence-corrected chi connectivity index (χ3v) is 11.3. The molecule has 0 aromatic carbocycles. The molecular formula is C55H98O6. The Bertz CT molecular complexity index is 1070. The summed E-state index contributed by atoms with van der Waals surface area (Å²) in [5.74, 6) is -0.896. The first kappa shape index (κ1) is 58.4. The molecule has 0 aliphatic rings. The predicted octanol–water partition coefficient (Wildman–Crippen LogP) is 17.1. The van der Waals surface area contributed by atoms with Crippen LogP contribution in [0.2, 0.25) is 0 Å². The number of hydrogen-bond acceptors (Lipinski definition) is 6. The summed E-state index contributed by atoms with van der Waals surface area (Å²) in [6.45, 7) is 6.50. The van der Waals surface area contributed by atoms with Crippen LogP contribution in [0.4, 0.5) is 0 Å². The Balaban J connectivity index is 4.36. The van der Waals surface area contributed by atoms with Gasteiger partial charge in [0, 0.05) is 19.3 Å². The minimum absolute atomic E-state index is 0.0804. The second-order valence-corrected chi connectivity index (χ2v) is 17.4. The van der Waals surface area contributed by atoms with E-state index in [1.807, 2.05) is 0 Å². The summed E-state index contributed by atoms with van der Waals surface area (Å²) in [5, 5.41) is 0. The van der Waals surface area contributed by atoms with E-state index in [9.17, 15) is 14.4 Å². The molecule has 0 radical (unpaired) electrons. The molecule has 1 atom stereocenters. The molecule has 0 saturated heterocycles. The maximum Gasteiger partial charge on any atom is 0.306 e. The normalized spacial score (nSPS) is 12.4.